The molecule has 2 heterocycles. The van der Waals surface area contributed by atoms with E-state index in [1.54, 1.807) is 0 Å². The minimum absolute atomic E-state index is 0.663. The van der Waals surface area contributed by atoms with Crippen molar-refractivity contribution >= 4 is 34.0 Å². The van der Waals surface area contributed by atoms with Crippen LogP contribution in [0, 0.1) is 11.3 Å². The first-order chi connectivity index (χ1) is 13.3. The molecule has 0 unspecified atom stereocenters. The van der Waals surface area contributed by atoms with E-state index >= 15 is 0 Å². The third kappa shape index (κ3) is 2.47. The Morgan fingerprint density at radius 3 is 2.52 bits per heavy atom. The minimum atomic E-state index is 0.663. The maximum absolute atomic E-state index is 9.15. The van der Waals surface area contributed by atoms with Crippen LogP contribution < -0.4 is 4.99 Å². The standard InChI is InChI=1S/C24H15N3/c25-13-16-9-11-17(12-10-16)24(20-14-26-22-7-3-1-5-18(20)22)21-15-27-23-8-4-2-6-19(21)23/h1-12,14-15,26H/p+1. The Kier molecular flexibility index (Phi) is 3.48. The first-order valence-electron chi connectivity index (χ1n) is 8.85. The van der Waals surface area contributed by atoms with E-state index in [1.807, 2.05) is 36.4 Å². The molecule has 1 aliphatic heterocycles. The number of hydrogen-bond donors (Lipinski definition) is 2. The van der Waals surface area contributed by atoms with Gasteiger partial charge in [-0.1, -0.05) is 42.5 Å². The van der Waals surface area contributed by atoms with Crippen molar-refractivity contribution in [2.45, 2.75) is 0 Å². The largest absolute Gasteiger partial charge is 0.361 e. The average Bonchev–Trinajstić information content (AvgIpc) is 3.34. The Balaban J connectivity index is 1.83. The second kappa shape index (κ2) is 6.12. The first kappa shape index (κ1) is 15.4. The summed E-state index contributed by atoms with van der Waals surface area (Å²) in [5.74, 6) is 0. The SMILES string of the molecule is N#Cc1ccc(C(=C2C=[NH+]c3ccccc32)c2c[nH]c3ccccc23)cc1. The summed E-state index contributed by atoms with van der Waals surface area (Å²) in [5.41, 5.74) is 8.60. The summed E-state index contributed by atoms with van der Waals surface area (Å²) < 4.78 is 0. The number of nitrogens with zero attached hydrogens (tertiary/aromatic N) is 1. The number of hydrogen-bond acceptors (Lipinski definition) is 1. The van der Waals surface area contributed by atoms with E-state index in [1.165, 1.54) is 10.9 Å². The lowest BCUT2D eigenvalue weighted by Gasteiger charge is -2.10. The number of nitrogens with one attached hydrogen (secondary N) is 2. The molecule has 0 aliphatic carbocycles. The highest BCUT2D eigenvalue weighted by Crippen LogP contribution is 2.37. The molecule has 1 aliphatic rings. The molecular formula is C24H16N3+. The van der Waals surface area contributed by atoms with Crippen LogP contribution >= 0.6 is 0 Å². The molecule has 0 atom stereocenters. The topological polar surface area (TPSA) is 53.5 Å². The van der Waals surface area contributed by atoms with Gasteiger partial charge in [-0.2, -0.15) is 5.26 Å². The van der Waals surface area contributed by atoms with Crippen molar-refractivity contribution in [2.24, 2.45) is 0 Å². The molecule has 3 aromatic carbocycles. The van der Waals surface area contributed by atoms with Crippen LogP contribution in [-0.4, -0.2) is 11.2 Å². The molecule has 1 aromatic heterocycles. The molecule has 0 bridgehead atoms. The van der Waals surface area contributed by atoms with E-state index in [0.29, 0.717) is 5.56 Å². The van der Waals surface area contributed by atoms with Crippen LogP contribution in [0.2, 0.25) is 0 Å². The number of rotatable bonds is 2. The van der Waals surface area contributed by atoms with Crippen molar-refractivity contribution in [1.29, 1.82) is 5.26 Å². The second-order valence-electron chi connectivity index (χ2n) is 6.56. The molecule has 0 saturated heterocycles. The second-order valence-corrected chi connectivity index (χ2v) is 6.56. The lowest BCUT2D eigenvalue weighted by Crippen LogP contribution is -2.58. The van der Waals surface area contributed by atoms with Crippen LogP contribution in [0.15, 0.2) is 79.0 Å². The number of aromatic amines is 1. The summed E-state index contributed by atoms with van der Waals surface area (Å²) in [6.45, 7) is 0. The molecule has 5 rings (SSSR count). The van der Waals surface area contributed by atoms with E-state index in [-0.39, 0.29) is 0 Å². The van der Waals surface area contributed by atoms with Gasteiger partial charge in [0, 0.05) is 34.3 Å². The van der Waals surface area contributed by atoms with Gasteiger partial charge in [-0.15, -0.1) is 0 Å². The van der Waals surface area contributed by atoms with Gasteiger partial charge in [-0.05, 0) is 29.8 Å². The van der Waals surface area contributed by atoms with Gasteiger partial charge >= 0.3 is 0 Å². The van der Waals surface area contributed by atoms with Crippen LogP contribution in [0.3, 0.4) is 0 Å². The molecule has 2 N–H and O–H groups in total. The summed E-state index contributed by atoms with van der Waals surface area (Å²) in [4.78, 5) is 6.78. The zero-order chi connectivity index (χ0) is 18.2. The highest BCUT2D eigenvalue weighted by atomic mass is 14.8. The Labute approximate surface area is 156 Å². The van der Waals surface area contributed by atoms with Crippen LogP contribution in [0.4, 0.5) is 5.69 Å². The Bertz CT molecular complexity index is 1260. The summed E-state index contributed by atoms with van der Waals surface area (Å²) in [6.07, 6.45) is 4.14. The summed E-state index contributed by atoms with van der Waals surface area (Å²) in [5, 5.41) is 10.3. The van der Waals surface area contributed by atoms with Crippen molar-refractivity contribution < 1.29 is 4.99 Å². The van der Waals surface area contributed by atoms with E-state index in [2.05, 4.69) is 64.9 Å². The smallest absolute Gasteiger partial charge is 0.211 e. The maximum atomic E-state index is 9.15. The molecule has 3 heteroatoms. The van der Waals surface area contributed by atoms with Gasteiger partial charge in [0.25, 0.3) is 0 Å². The molecule has 0 radical (unpaired) electrons. The van der Waals surface area contributed by atoms with Crippen molar-refractivity contribution in [1.82, 2.24) is 4.98 Å². The average molecular weight is 346 g/mol. The van der Waals surface area contributed by atoms with Gasteiger partial charge in [0.2, 0.25) is 5.69 Å². The minimum Gasteiger partial charge on any atom is -0.361 e. The summed E-state index contributed by atoms with van der Waals surface area (Å²) in [6, 6.07) is 26.6. The van der Waals surface area contributed by atoms with Gasteiger partial charge in [0.05, 0.1) is 22.8 Å². The van der Waals surface area contributed by atoms with Crippen molar-refractivity contribution in [3.63, 3.8) is 0 Å². The van der Waals surface area contributed by atoms with Crippen molar-refractivity contribution in [2.75, 3.05) is 0 Å². The monoisotopic (exact) mass is 346 g/mol. The fourth-order valence-electron chi connectivity index (χ4n) is 3.72. The van der Waals surface area contributed by atoms with Gasteiger partial charge in [0.1, 0.15) is 0 Å². The van der Waals surface area contributed by atoms with E-state index in [4.69, 9.17) is 5.26 Å². The lowest BCUT2D eigenvalue weighted by molar-refractivity contribution is -0.342. The predicted molar refractivity (Wildman–Crippen MR) is 109 cm³/mol. The van der Waals surface area contributed by atoms with E-state index < -0.39 is 0 Å². The van der Waals surface area contributed by atoms with E-state index in [9.17, 15) is 0 Å². The Morgan fingerprint density at radius 1 is 0.889 bits per heavy atom. The number of allylic oxidation sites excluding steroid dienone is 1. The molecule has 0 fully saturated rings. The lowest BCUT2D eigenvalue weighted by atomic mass is 9.90. The van der Waals surface area contributed by atoms with E-state index in [0.717, 1.165) is 33.5 Å². The number of para-hydroxylation sites is 2. The molecule has 126 valence electrons. The molecule has 27 heavy (non-hydrogen) atoms. The van der Waals surface area contributed by atoms with Gasteiger partial charge in [-0.3, -0.25) is 0 Å². The van der Waals surface area contributed by atoms with Crippen LogP contribution in [-0.2, 0) is 0 Å². The Morgan fingerprint density at radius 2 is 1.67 bits per heavy atom. The third-order valence-corrected chi connectivity index (χ3v) is 5.02. The predicted octanol–water partition coefficient (Wildman–Crippen LogP) is 3.80. The van der Waals surface area contributed by atoms with Gasteiger partial charge in [-0.25, -0.2) is 4.99 Å². The fraction of sp³-hybridized carbons (Fsp3) is 0. The quantitative estimate of drug-likeness (QED) is 0.570. The normalized spacial score (nSPS) is 14.2. The highest BCUT2D eigenvalue weighted by Gasteiger charge is 2.24. The van der Waals surface area contributed by atoms with Crippen LogP contribution in [0.1, 0.15) is 22.3 Å². The molecule has 3 nitrogen and oxygen atoms in total. The molecular weight excluding hydrogens is 330 g/mol. The van der Waals surface area contributed by atoms with Gasteiger partial charge < -0.3 is 4.98 Å². The van der Waals surface area contributed by atoms with Crippen molar-refractivity contribution in [3.05, 3.63) is 101 Å². The summed E-state index contributed by atoms with van der Waals surface area (Å²) in [7, 11) is 0. The number of H-pyrrole nitrogens is 1. The fourth-order valence-corrected chi connectivity index (χ4v) is 3.72. The molecule has 0 spiro atoms. The van der Waals surface area contributed by atoms with Crippen LogP contribution in [0.25, 0.3) is 22.0 Å². The number of fused-ring (bicyclic) bond motifs is 2. The molecule has 0 saturated carbocycles. The maximum Gasteiger partial charge on any atom is 0.211 e. The Hall–Kier alpha value is -3.90. The zero-order valence-corrected chi connectivity index (χ0v) is 14.5. The third-order valence-electron chi connectivity index (χ3n) is 5.02. The number of aromatic nitrogens is 1. The highest BCUT2D eigenvalue weighted by molar-refractivity contribution is 6.24. The van der Waals surface area contributed by atoms with Gasteiger partial charge in [0.15, 0.2) is 6.21 Å². The molecule has 0 amide bonds. The number of benzene rings is 3. The zero-order valence-electron chi connectivity index (χ0n) is 14.5. The number of nitriles is 1. The van der Waals surface area contributed by atoms with Crippen LogP contribution in [0.5, 0.6) is 0 Å². The first-order valence-corrected chi connectivity index (χ1v) is 8.85. The molecule has 4 aromatic rings. The van der Waals surface area contributed by atoms with Crippen molar-refractivity contribution in [3.8, 4) is 6.07 Å². The summed E-state index contributed by atoms with van der Waals surface area (Å²) >= 11 is 0.